The van der Waals surface area contributed by atoms with E-state index in [4.69, 9.17) is 47.7 Å². The van der Waals surface area contributed by atoms with Gasteiger partial charge in [-0.1, -0.05) is 23.2 Å². The predicted molar refractivity (Wildman–Crippen MR) is 125 cm³/mol. The second kappa shape index (κ2) is 9.73. The number of fused-ring (bicyclic) bond motifs is 1. The molecule has 31 heavy (non-hydrogen) atoms. The lowest BCUT2D eigenvalue weighted by Crippen LogP contribution is -2.55. The van der Waals surface area contributed by atoms with E-state index in [1.807, 2.05) is 13.8 Å². The lowest BCUT2D eigenvalue weighted by atomic mass is 10.1. The summed E-state index contributed by atoms with van der Waals surface area (Å²) in [5, 5.41) is 7.68. The molecule has 4 rings (SSSR count). The van der Waals surface area contributed by atoms with Crippen molar-refractivity contribution in [2.24, 2.45) is 15.0 Å². The zero-order valence-electron chi connectivity index (χ0n) is 18.0. The van der Waals surface area contributed by atoms with Crippen molar-refractivity contribution in [3.8, 4) is 5.75 Å². The molecule has 1 aromatic rings. The van der Waals surface area contributed by atoms with E-state index in [0.717, 1.165) is 43.5 Å². The lowest BCUT2D eigenvalue weighted by molar-refractivity contribution is -0.00436. The molecule has 168 valence electrons. The quantitative estimate of drug-likeness (QED) is 0.628. The summed E-state index contributed by atoms with van der Waals surface area (Å²) in [5.41, 5.74) is 1.41. The molecule has 3 atom stereocenters. The van der Waals surface area contributed by atoms with Gasteiger partial charge in [0, 0.05) is 18.7 Å². The van der Waals surface area contributed by atoms with Gasteiger partial charge in [0.25, 0.3) is 0 Å². The molecule has 10 heteroatoms. The molecule has 0 saturated carbocycles. The number of amidine groups is 1. The summed E-state index contributed by atoms with van der Waals surface area (Å²) < 4.78 is 11.0. The van der Waals surface area contributed by atoms with Crippen LogP contribution >= 0.6 is 23.2 Å². The summed E-state index contributed by atoms with van der Waals surface area (Å²) in [5.74, 6) is 2.12. The van der Waals surface area contributed by atoms with Crippen LogP contribution in [0.1, 0.15) is 38.7 Å². The van der Waals surface area contributed by atoms with Gasteiger partial charge in [-0.3, -0.25) is 20.2 Å². The lowest BCUT2D eigenvalue weighted by Gasteiger charge is -2.33. The summed E-state index contributed by atoms with van der Waals surface area (Å²) >= 11 is 13.1. The standard InChI is InChI=1S/C21H28Cl2N6O2/c1-12-26-20-19(18-15(22)10-14(30-3)11-16(18)23)28-13(2)29(20)21(27-12)25-8-7-24-17-6-4-5-9-31-17/h10-11,13,17,20,24H,4-9H2,1-3H3,(H,25,26,27). The first-order chi connectivity index (χ1) is 15.0. The number of halogens is 2. The highest BCUT2D eigenvalue weighted by Crippen LogP contribution is 2.35. The number of methoxy groups -OCH3 is 1. The Morgan fingerprint density at radius 3 is 2.74 bits per heavy atom. The SMILES string of the molecule is COc1cc(Cl)c(C2=NC(C)N3C(=NCCNC4CCCCO4)NC(C)=NC23)c(Cl)c1. The number of nitrogens with one attached hydrogen (secondary N) is 2. The molecule has 1 aromatic carbocycles. The molecule has 3 heterocycles. The monoisotopic (exact) mass is 466 g/mol. The van der Waals surface area contributed by atoms with E-state index in [2.05, 4.69) is 15.5 Å². The van der Waals surface area contributed by atoms with Gasteiger partial charge < -0.3 is 14.8 Å². The topological polar surface area (TPSA) is 82.8 Å². The highest BCUT2D eigenvalue weighted by atomic mass is 35.5. The zero-order chi connectivity index (χ0) is 22.0. The Balaban J connectivity index is 1.51. The highest BCUT2D eigenvalue weighted by Gasteiger charge is 2.40. The van der Waals surface area contributed by atoms with Gasteiger partial charge in [0.15, 0.2) is 6.17 Å². The Kier molecular flexibility index (Phi) is 7.01. The molecule has 3 unspecified atom stereocenters. The van der Waals surface area contributed by atoms with Crippen LogP contribution < -0.4 is 15.4 Å². The Bertz CT molecular complexity index is 890. The fraction of sp³-hybridized carbons (Fsp3) is 0.571. The average molecular weight is 467 g/mol. The van der Waals surface area contributed by atoms with Crippen LogP contribution in [0.3, 0.4) is 0 Å². The van der Waals surface area contributed by atoms with Gasteiger partial charge >= 0.3 is 0 Å². The van der Waals surface area contributed by atoms with Crippen molar-refractivity contribution in [1.82, 2.24) is 15.5 Å². The number of benzene rings is 1. The molecule has 8 nitrogen and oxygen atoms in total. The molecule has 0 aromatic heterocycles. The summed E-state index contributed by atoms with van der Waals surface area (Å²) in [6.07, 6.45) is 3.02. The maximum Gasteiger partial charge on any atom is 0.203 e. The van der Waals surface area contributed by atoms with Crippen LogP contribution in [0.15, 0.2) is 27.1 Å². The molecule has 3 aliphatic rings. The molecule has 0 radical (unpaired) electrons. The van der Waals surface area contributed by atoms with E-state index >= 15 is 0 Å². The Morgan fingerprint density at radius 2 is 2.06 bits per heavy atom. The van der Waals surface area contributed by atoms with Crippen molar-refractivity contribution in [3.63, 3.8) is 0 Å². The largest absolute Gasteiger partial charge is 0.497 e. The van der Waals surface area contributed by atoms with E-state index in [-0.39, 0.29) is 18.6 Å². The molecule has 3 aliphatic heterocycles. The second-order valence-corrected chi connectivity index (χ2v) is 8.56. The van der Waals surface area contributed by atoms with E-state index < -0.39 is 0 Å². The zero-order valence-corrected chi connectivity index (χ0v) is 19.5. The molecule has 0 bridgehead atoms. The minimum atomic E-state index is -0.340. The molecule has 2 N–H and O–H groups in total. The maximum atomic E-state index is 6.54. The number of guanidine groups is 1. The number of hydrogen-bond donors (Lipinski definition) is 2. The van der Waals surface area contributed by atoms with Gasteiger partial charge in [0.05, 0.1) is 29.4 Å². The van der Waals surface area contributed by atoms with E-state index in [1.165, 1.54) is 6.42 Å². The first-order valence-corrected chi connectivity index (χ1v) is 11.3. The van der Waals surface area contributed by atoms with Crippen molar-refractivity contribution < 1.29 is 9.47 Å². The van der Waals surface area contributed by atoms with Crippen LogP contribution in [0, 0.1) is 0 Å². The summed E-state index contributed by atoms with van der Waals surface area (Å²) in [6.45, 7) is 6.10. The van der Waals surface area contributed by atoms with Crippen LogP contribution in [0.5, 0.6) is 5.75 Å². The fourth-order valence-electron chi connectivity index (χ4n) is 4.04. The van der Waals surface area contributed by atoms with Crippen molar-refractivity contribution in [2.75, 3.05) is 26.8 Å². The number of nitrogens with zero attached hydrogens (tertiary/aromatic N) is 4. The van der Waals surface area contributed by atoms with E-state index in [9.17, 15) is 0 Å². The second-order valence-electron chi connectivity index (χ2n) is 7.75. The third-order valence-corrected chi connectivity index (χ3v) is 6.12. The summed E-state index contributed by atoms with van der Waals surface area (Å²) in [7, 11) is 1.58. The Morgan fingerprint density at radius 1 is 1.29 bits per heavy atom. The molecule has 1 saturated heterocycles. The van der Waals surface area contributed by atoms with Crippen molar-refractivity contribution in [2.45, 2.75) is 51.7 Å². The van der Waals surface area contributed by atoms with Crippen LogP contribution in [-0.2, 0) is 4.74 Å². The minimum Gasteiger partial charge on any atom is -0.497 e. The molecule has 0 spiro atoms. The van der Waals surface area contributed by atoms with Crippen LogP contribution in [0.25, 0.3) is 0 Å². The molecule has 1 fully saturated rings. The van der Waals surface area contributed by atoms with E-state index in [0.29, 0.717) is 27.9 Å². The number of hydrogen-bond acceptors (Lipinski definition) is 6. The fourth-order valence-corrected chi connectivity index (χ4v) is 4.70. The summed E-state index contributed by atoms with van der Waals surface area (Å²) in [6, 6.07) is 3.48. The van der Waals surface area contributed by atoms with E-state index in [1.54, 1.807) is 19.2 Å². The smallest absolute Gasteiger partial charge is 0.203 e. The van der Waals surface area contributed by atoms with Crippen LogP contribution in [-0.4, -0.2) is 67.8 Å². The number of aliphatic imine (C=N–C) groups is 3. The minimum absolute atomic E-state index is 0.129. The van der Waals surface area contributed by atoms with Gasteiger partial charge in [-0.15, -0.1) is 0 Å². The van der Waals surface area contributed by atoms with Gasteiger partial charge in [-0.25, -0.2) is 4.99 Å². The highest BCUT2D eigenvalue weighted by molar-refractivity contribution is 6.41. The van der Waals surface area contributed by atoms with Gasteiger partial charge in [0.2, 0.25) is 5.96 Å². The third-order valence-electron chi connectivity index (χ3n) is 5.52. The van der Waals surface area contributed by atoms with Gasteiger partial charge in [-0.2, -0.15) is 0 Å². The average Bonchev–Trinajstić information content (AvgIpc) is 3.07. The van der Waals surface area contributed by atoms with Crippen molar-refractivity contribution >= 4 is 40.7 Å². The number of rotatable bonds is 6. The number of ether oxygens (including phenoxy) is 2. The van der Waals surface area contributed by atoms with Crippen molar-refractivity contribution in [1.29, 1.82) is 0 Å². The van der Waals surface area contributed by atoms with Gasteiger partial charge in [-0.05, 0) is 45.2 Å². The molecular formula is C21H28Cl2N6O2. The normalized spacial score (nSPS) is 26.9. The molecule has 0 amide bonds. The predicted octanol–water partition coefficient (Wildman–Crippen LogP) is 3.27. The van der Waals surface area contributed by atoms with Gasteiger partial charge in [0.1, 0.15) is 24.0 Å². The van der Waals surface area contributed by atoms with Crippen molar-refractivity contribution in [3.05, 3.63) is 27.7 Å². The first-order valence-electron chi connectivity index (χ1n) is 10.6. The Labute approximate surface area is 192 Å². The first kappa shape index (κ1) is 22.3. The third kappa shape index (κ3) is 4.82. The van der Waals surface area contributed by atoms with Crippen LogP contribution in [0.2, 0.25) is 10.0 Å². The summed E-state index contributed by atoms with van der Waals surface area (Å²) in [4.78, 5) is 16.4. The molecule has 0 aliphatic carbocycles. The van der Waals surface area contributed by atoms with Crippen LogP contribution in [0.4, 0.5) is 0 Å². The maximum absolute atomic E-state index is 6.54. The Hall–Kier alpha value is -1.87. The molecular weight excluding hydrogens is 439 g/mol.